The van der Waals surface area contributed by atoms with Crippen molar-refractivity contribution in [3.05, 3.63) is 186 Å². The zero-order valence-electron chi connectivity index (χ0n) is 44.2. The molecule has 0 radical (unpaired) electrons. The molecule has 0 heteroatoms. The minimum atomic E-state index is 1.29. The van der Waals surface area contributed by atoms with E-state index in [9.17, 15) is 0 Å². The highest BCUT2D eigenvalue weighted by molar-refractivity contribution is 6.42. The summed E-state index contributed by atoms with van der Waals surface area (Å²) in [5.41, 5.74) is 32.4. The first-order valence-electron chi connectivity index (χ1n) is 25.5. The van der Waals surface area contributed by atoms with Crippen molar-refractivity contribution in [2.24, 2.45) is 0 Å². The van der Waals surface area contributed by atoms with Crippen molar-refractivity contribution in [1.82, 2.24) is 0 Å². The fraction of sp³-hybridized carbons (Fsp3) is 0.229. The van der Waals surface area contributed by atoms with E-state index in [1.165, 1.54) is 209 Å². The number of hydrogen-bond acceptors (Lipinski definition) is 0. The molecule has 0 aliphatic carbocycles. The summed E-state index contributed by atoms with van der Waals surface area (Å²) in [6, 6.07) is 39.5. The van der Waals surface area contributed by atoms with Crippen LogP contribution >= 0.6 is 0 Å². The fourth-order valence-corrected chi connectivity index (χ4v) is 13.9. The lowest BCUT2D eigenvalue weighted by molar-refractivity contribution is 1.18. The lowest BCUT2D eigenvalue weighted by atomic mass is 9.86. The van der Waals surface area contributed by atoms with Gasteiger partial charge in [-0.1, -0.05) is 59.7 Å². The SMILES string of the molecule is Cc1cc(C)c(-c2cc3c4ccc(-c5c(C)c(C)c(C)c(C)c5C)cc4c4cc5c(cc6c7cc(-c8c(C)c(C)c(C)c(C)c8C)ccc7c7cc(-c8c(C)cc(C)cc8C)cc5c76)c(c2)c34)c(C)c1. The number of aryl methyl sites for hydroxylation is 6. The highest BCUT2D eigenvalue weighted by Crippen LogP contribution is 2.52. The van der Waals surface area contributed by atoms with Crippen molar-refractivity contribution >= 4 is 75.4 Å². The van der Waals surface area contributed by atoms with E-state index in [1.54, 1.807) is 0 Å². The van der Waals surface area contributed by atoms with Gasteiger partial charge in [-0.3, -0.25) is 0 Å². The Bertz CT molecular complexity index is 3930. The van der Waals surface area contributed by atoms with Gasteiger partial charge in [0, 0.05) is 0 Å². The van der Waals surface area contributed by atoms with Gasteiger partial charge in [0.15, 0.2) is 0 Å². The Labute approximate surface area is 414 Å². The molecule has 0 aliphatic rings. The van der Waals surface area contributed by atoms with Crippen LogP contribution in [-0.2, 0) is 0 Å². The summed E-state index contributed by atoms with van der Waals surface area (Å²) in [7, 11) is 0. The van der Waals surface area contributed by atoms with E-state index in [1.807, 2.05) is 0 Å². The van der Waals surface area contributed by atoms with Crippen LogP contribution in [0.2, 0.25) is 0 Å². The van der Waals surface area contributed by atoms with Gasteiger partial charge >= 0.3 is 0 Å². The smallest absolute Gasteiger partial charge is 0.00195 e. The number of benzene rings is 10. The molecular weight excluding hydrogens is 841 g/mol. The van der Waals surface area contributed by atoms with Gasteiger partial charge in [-0.25, -0.2) is 0 Å². The quantitative estimate of drug-likeness (QED) is 0.154. The van der Waals surface area contributed by atoms with Gasteiger partial charge in [0.2, 0.25) is 0 Å². The van der Waals surface area contributed by atoms with E-state index >= 15 is 0 Å². The van der Waals surface area contributed by atoms with Crippen LogP contribution in [-0.4, -0.2) is 0 Å². The average Bonchev–Trinajstić information content (AvgIpc) is 3.80. The molecule has 0 unspecified atom stereocenters. The van der Waals surface area contributed by atoms with E-state index in [-0.39, 0.29) is 0 Å². The summed E-state index contributed by atoms with van der Waals surface area (Å²) >= 11 is 0. The Morgan fingerprint density at radius 3 is 0.743 bits per heavy atom. The van der Waals surface area contributed by atoms with Crippen LogP contribution in [0.15, 0.2) is 97.1 Å². The van der Waals surface area contributed by atoms with E-state index in [0.717, 1.165) is 0 Å². The van der Waals surface area contributed by atoms with Crippen molar-refractivity contribution in [1.29, 1.82) is 0 Å². The van der Waals surface area contributed by atoms with Crippen molar-refractivity contribution in [2.75, 3.05) is 0 Å². The highest BCUT2D eigenvalue weighted by Gasteiger charge is 2.25. The molecule has 0 heterocycles. The molecule has 0 bridgehead atoms. The largest absolute Gasteiger partial charge is 0.0557 e. The molecule has 12 rings (SSSR count). The Hall–Kier alpha value is -7.02. The number of fused-ring (bicyclic) bond motifs is 9. The number of rotatable bonds is 4. The maximum absolute atomic E-state index is 2.59. The molecular formula is C70H64. The van der Waals surface area contributed by atoms with Gasteiger partial charge in [0.1, 0.15) is 0 Å². The summed E-state index contributed by atoms with van der Waals surface area (Å²) < 4.78 is 0. The molecule has 0 nitrogen and oxygen atoms in total. The lowest BCUT2D eigenvalue weighted by Crippen LogP contribution is -1.99. The van der Waals surface area contributed by atoms with Crippen LogP contribution in [0.5, 0.6) is 0 Å². The molecule has 344 valence electrons. The summed E-state index contributed by atoms with van der Waals surface area (Å²) in [5.74, 6) is 0. The molecule has 0 saturated carbocycles. The second kappa shape index (κ2) is 15.2. The third kappa shape index (κ3) is 6.01. The molecule has 70 heavy (non-hydrogen) atoms. The molecule has 0 atom stereocenters. The molecule has 12 aromatic carbocycles. The van der Waals surface area contributed by atoms with Gasteiger partial charge in [0.05, 0.1) is 0 Å². The van der Waals surface area contributed by atoms with Crippen molar-refractivity contribution in [2.45, 2.75) is 111 Å². The van der Waals surface area contributed by atoms with E-state index < -0.39 is 0 Å². The van der Waals surface area contributed by atoms with Crippen molar-refractivity contribution in [3.8, 4) is 44.5 Å². The zero-order valence-corrected chi connectivity index (χ0v) is 44.2. The Balaban J connectivity index is 1.28. The van der Waals surface area contributed by atoms with Gasteiger partial charge in [0.25, 0.3) is 0 Å². The maximum Gasteiger partial charge on any atom is -0.00195 e. The third-order valence-electron chi connectivity index (χ3n) is 18.0. The Morgan fingerprint density at radius 1 is 0.186 bits per heavy atom. The first-order chi connectivity index (χ1) is 33.3. The predicted molar refractivity (Wildman–Crippen MR) is 309 cm³/mol. The molecule has 0 spiro atoms. The predicted octanol–water partition coefficient (Wildman–Crippen LogP) is 20.2. The van der Waals surface area contributed by atoms with Crippen molar-refractivity contribution in [3.63, 3.8) is 0 Å². The monoisotopic (exact) mass is 905 g/mol. The van der Waals surface area contributed by atoms with Gasteiger partial charge < -0.3 is 0 Å². The van der Waals surface area contributed by atoms with Crippen LogP contribution in [0.4, 0.5) is 0 Å². The average molecular weight is 905 g/mol. The van der Waals surface area contributed by atoms with Crippen LogP contribution in [0.25, 0.3) is 120 Å². The molecule has 0 saturated heterocycles. The van der Waals surface area contributed by atoms with E-state index in [0.29, 0.717) is 0 Å². The minimum Gasteiger partial charge on any atom is -0.0557 e. The number of hydrogen-bond donors (Lipinski definition) is 0. The first-order valence-corrected chi connectivity index (χ1v) is 25.5. The van der Waals surface area contributed by atoms with Crippen LogP contribution < -0.4 is 0 Å². The van der Waals surface area contributed by atoms with Gasteiger partial charge in [-0.15, -0.1) is 0 Å². The molecule has 0 fully saturated rings. The lowest BCUT2D eigenvalue weighted by Gasteiger charge is -2.19. The molecule has 0 aliphatic heterocycles. The normalized spacial score (nSPS) is 12.3. The fourth-order valence-electron chi connectivity index (χ4n) is 13.9. The molecule has 0 N–H and O–H groups in total. The van der Waals surface area contributed by atoms with Gasteiger partial charge in [-0.2, -0.15) is 0 Å². The minimum absolute atomic E-state index is 1.29. The first kappa shape index (κ1) is 44.2. The summed E-state index contributed by atoms with van der Waals surface area (Å²) in [6.45, 7) is 36.7. The van der Waals surface area contributed by atoms with Crippen LogP contribution in [0.1, 0.15) is 89.0 Å². The summed E-state index contributed by atoms with van der Waals surface area (Å²) in [5, 5.41) is 18.7. The highest BCUT2D eigenvalue weighted by atomic mass is 14.3. The second-order valence-electron chi connectivity index (χ2n) is 21.9. The Kier molecular flexibility index (Phi) is 9.62. The topological polar surface area (TPSA) is 0 Å². The third-order valence-corrected chi connectivity index (χ3v) is 18.0. The summed E-state index contributed by atoms with van der Waals surface area (Å²) in [6.07, 6.45) is 0. The maximum atomic E-state index is 2.59. The van der Waals surface area contributed by atoms with Crippen molar-refractivity contribution < 1.29 is 0 Å². The standard InChI is InChI=1S/C70H64/c1-33-21-35(3)65(36(4)22-33)51-27-59-53-19-17-49(67-45(13)41(9)39(7)42(10)46(67)14)25-55(53)63-32-58-57(61(29-51)69(59)63)31-64-56-26-50(68-47(15)43(11)40(8)44(12)48(68)16)18-20-54(56)60-28-52(30-62(58)70(60)64)66-37(5)23-34(2)24-38(66)6/h17-32H,1-16H3. The van der Waals surface area contributed by atoms with E-state index in [2.05, 4.69) is 208 Å². The summed E-state index contributed by atoms with van der Waals surface area (Å²) in [4.78, 5) is 0. The molecule has 0 aromatic heterocycles. The van der Waals surface area contributed by atoms with Crippen LogP contribution in [0, 0.1) is 111 Å². The van der Waals surface area contributed by atoms with Crippen LogP contribution in [0.3, 0.4) is 0 Å². The zero-order chi connectivity index (χ0) is 49.3. The molecule has 12 aromatic rings. The van der Waals surface area contributed by atoms with E-state index in [4.69, 9.17) is 0 Å². The second-order valence-corrected chi connectivity index (χ2v) is 21.9. The van der Waals surface area contributed by atoms with Gasteiger partial charge in [-0.05, 0) is 357 Å². The Morgan fingerprint density at radius 2 is 0.429 bits per heavy atom. The molecule has 0 amide bonds.